The summed E-state index contributed by atoms with van der Waals surface area (Å²) in [5.74, 6) is 0.684. The van der Waals surface area contributed by atoms with Crippen LogP contribution in [0.1, 0.15) is 59.8 Å². The summed E-state index contributed by atoms with van der Waals surface area (Å²) in [7, 11) is 0. The van der Waals surface area contributed by atoms with E-state index in [1.54, 1.807) is 0 Å². The van der Waals surface area contributed by atoms with Gasteiger partial charge in [-0.1, -0.05) is 62.9 Å². The normalized spacial score (nSPS) is 15.6. The molecule has 0 saturated carbocycles. The van der Waals surface area contributed by atoms with Crippen molar-refractivity contribution in [2.24, 2.45) is 5.92 Å². The highest BCUT2D eigenvalue weighted by Gasteiger charge is 2.10. The van der Waals surface area contributed by atoms with E-state index in [0.29, 0.717) is 5.92 Å². The molecule has 1 unspecified atom stereocenters. The fourth-order valence-electron chi connectivity index (χ4n) is 2.01. The molecule has 1 atom stereocenters. The Kier molecular flexibility index (Phi) is 10.3. The van der Waals surface area contributed by atoms with E-state index in [-0.39, 0.29) is 0 Å². The van der Waals surface area contributed by atoms with E-state index in [1.165, 1.54) is 37.7 Å². The highest BCUT2D eigenvalue weighted by molar-refractivity contribution is 6.29. The van der Waals surface area contributed by atoms with Gasteiger partial charge in [0.1, 0.15) is 0 Å². The van der Waals surface area contributed by atoms with Crippen LogP contribution in [0.15, 0.2) is 34.9 Å². The molecule has 0 radical (unpaired) electrons. The standard InChI is InChI=1S/C16H27Cl/c1-5-8-11-15(9-6-2)16(10-7-3)13-12-14(4)17/h7,10,12-13,15H,5-6,8-9,11H2,1-4H3/b10-7-,14-12+,16-13+. The predicted molar refractivity (Wildman–Crippen MR) is 80.4 cm³/mol. The molecule has 0 amide bonds. The molecule has 0 N–H and O–H groups in total. The lowest BCUT2D eigenvalue weighted by Crippen LogP contribution is -2.02. The summed E-state index contributed by atoms with van der Waals surface area (Å²) in [5, 5.41) is 0.845. The van der Waals surface area contributed by atoms with Gasteiger partial charge < -0.3 is 0 Å². The van der Waals surface area contributed by atoms with Crippen molar-refractivity contribution in [2.45, 2.75) is 59.8 Å². The average Bonchev–Trinajstić information content (AvgIpc) is 2.30. The molecule has 0 heterocycles. The van der Waals surface area contributed by atoms with E-state index in [9.17, 15) is 0 Å². The summed E-state index contributed by atoms with van der Waals surface area (Å²) >= 11 is 5.90. The Bertz CT molecular complexity index is 267. The second kappa shape index (κ2) is 10.7. The predicted octanol–water partition coefficient (Wildman–Crippen LogP) is 6.24. The van der Waals surface area contributed by atoms with E-state index in [0.717, 1.165) is 5.03 Å². The van der Waals surface area contributed by atoms with Crippen molar-refractivity contribution in [1.29, 1.82) is 0 Å². The van der Waals surface area contributed by atoms with E-state index in [4.69, 9.17) is 11.6 Å². The molecule has 0 saturated heterocycles. The van der Waals surface area contributed by atoms with Crippen LogP contribution in [0.3, 0.4) is 0 Å². The first-order valence-electron chi connectivity index (χ1n) is 6.82. The van der Waals surface area contributed by atoms with Gasteiger partial charge in [-0.3, -0.25) is 0 Å². The third-order valence-electron chi connectivity index (χ3n) is 2.88. The maximum absolute atomic E-state index is 5.90. The summed E-state index contributed by atoms with van der Waals surface area (Å²) in [6.07, 6.45) is 14.9. The SMILES string of the molecule is C\C=C/C(=C\C=C(/C)Cl)C(CCC)CCCC. The Morgan fingerprint density at radius 1 is 1.12 bits per heavy atom. The lowest BCUT2D eigenvalue weighted by molar-refractivity contribution is 0.496. The Hall–Kier alpha value is -0.490. The number of allylic oxidation sites excluding steroid dienone is 6. The van der Waals surface area contributed by atoms with E-state index < -0.39 is 0 Å². The average molecular weight is 255 g/mol. The molecule has 1 heteroatoms. The van der Waals surface area contributed by atoms with Crippen molar-refractivity contribution in [1.82, 2.24) is 0 Å². The molecule has 17 heavy (non-hydrogen) atoms. The fraction of sp³-hybridized carbons (Fsp3) is 0.625. The molecule has 0 aromatic rings. The first-order chi connectivity index (χ1) is 8.15. The van der Waals surface area contributed by atoms with Crippen molar-refractivity contribution < 1.29 is 0 Å². The molecule has 0 fully saturated rings. The third-order valence-corrected chi connectivity index (χ3v) is 3.01. The molecule has 0 aliphatic rings. The quantitative estimate of drug-likeness (QED) is 0.450. The topological polar surface area (TPSA) is 0 Å². The molecule has 0 aromatic carbocycles. The monoisotopic (exact) mass is 254 g/mol. The largest absolute Gasteiger partial charge is 0.0895 e. The van der Waals surface area contributed by atoms with E-state index >= 15 is 0 Å². The maximum Gasteiger partial charge on any atom is 0.0150 e. The van der Waals surface area contributed by atoms with Crippen LogP contribution in [0.5, 0.6) is 0 Å². The van der Waals surface area contributed by atoms with E-state index in [1.807, 2.05) is 13.0 Å². The minimum Gasteiger partial charge on any atom is -0.0895 e. The number of rotatable bonds is 8. The maximum atomic E-state index is 5.90. The summed E-state index contributed by atoms with van der Waals surface area (Å²) in [4.78, 5) is 0. The van der Waals surface area contributed by atoms with Gasteiger partial charge in [0.25, 0.3) is 0 Å². The zero-order chi connectivity index (χ0) is 13.1. The van der Waals surface area contributed by atoms with Gasteiger partial charge in [-0.05, 0) is 44.3 Å². The molecule has 0 rings (SSSR count). The zero-order valence-electron chi connectivity index (χ0n) is 11.8. The van der Waals surface area contributed by atoms with Crippen molar-refractivity contribution in [2.75, 3.05) is 0 Å². The van der Waals surface area contributed by atoms with Gasteiger partial charge in [-0.2, -0.15) is 0 Å². The lowest BCUT2D eigenvalue weighted by atomic mass is 9.88. The number of unbranched alkanes of at least 4 members (excludes halogenated alkanes) is 1. The molecule has 98 valence electrons. The summed E-state index contributed by atoms with van der Waals surface area (Å²) in [6.45, 7) is 8.51. The van der Waals surface area contributed by atoms with Crippen molar-refractivity contribution >= 4 is 11.6 Å². The molecular formula is C16H27Cl. The van der Waals surface area contributed by atoms with Crippen LogP contribution in [-0.4, -0.2) is 0 Å². The Morgan fingerprint density at radius 2 is 1.82 bits per heavy atom. The Labute approximate surface area is 112 Å². The van der Waals surface area contributed by atoms with Crippen LogP contribution in [-0.2, 0) is 0 Å². The highest BCUT2D eigenvalue weighted by Crippen LogP contribution is 2.25. The van der Waals surface area contributed by atoms with Crippen molar-refractivity contribution in [3.8, 4) is 0 Å². The minimum absolute atomic E-state index is 0.684. The second-order valence-corrected chi connectivity index (χ2v) is 5.14. The van der Waals surface area contributed by atoms with Crippen LogP contribution in [0.4, 0.5) is 0 Å². The molecule has 0 aromatic heterocycles. The Balaban J connectivity index is 4.81. The van der Waals surface area contributed by atoms with Gasteiger partial charge in [-0.25, -0.2) is 0 Å². The smallest absolute Gasteiger partial charge is 0.0150 e. The molecule has 0 bridgehead atoms. The summed E-state index contributed by atoms with van der Waals surface area (Å²) in [5.41, 5.74) is 1.42. The zero-order valence-corrected chi connectivity index (χ0v) is 12.6. The number of hydrogen-bond acceptors (Lipinski definition) is 0. The van der Waals surface area contributed by atoms with Gasteiger partial charge in [0, 0.05) is 5.03 Å². The summed E-state index contributed by atoms with van der Waals surface area (Å²) < 4.78 is 0. The van der Waals surface area contributed by atoms with Gasteiger partial charge in [0.2, 0.25) is 0 Å². The van der Waals surface area contributed by atoms with Crippen molar-refractivity contribution in [3.05, 3.63) is 34.9 Å². The summed E-state index contributed by atoms with van der Waals surface area (Å²) in [6, 6.07) is 0. The Morgan fingerprint density at radius 3 is 2.29 bits per heavy atom. The van der Waals surface area contributed by atoms with Crippen LogP contribution in [0, 0.1) is 5.92 Å². The fourth-order valence-corrected chi connectivity index (χ4v) is 2.07. The van der Waals surface area contributed by atoms with Crippen LogP contribution < -0.4 is 0 Å². The first-order valence-corrected chi connectivity index (χ1v) is 7.20. The molecule has 0 spiro atoms. The number of halogens is 1. The van der Waals surface area contributed by atoms with Crippen molar-refractivity contribution in [3.63, 3.8) is 0 Å². The molecule has 0 aliphatic heterocycles. The van der Waals surface area contributed by atoms with Gasteiger partial charge >= 0.3 is 0 Å². The lowest BCUT2D eigenvalue weighted by Gasteiger charge is -2.17. The van der Waals surface area contributed by atoms with Gasteiger partial charge in [0.05, 0.1) is 0 Å². The van der Waals surface area contributed by atoms with Crippen LogP contribution >= 0.6 is 11.6 Å². The third kappa shape index (κ3) is 8.26. The molecule has 0 nitrogen and oxygen atoms in total. The molecule has 0 aliphatic carbocycles. The van der Waals surface area contributed by atoms with Crippen LogP contribution in [0.25, 0.3) is 0 Å². The number of hydrogen-bond donors (Lipinski definition) is 0. The molecular weight excluding hydrogens is 228 g/mol. The first kappa shape index (κ1) is 16.5. The van der Waals surface area contributed by atoms with E-state index in [2.05, 4.69) is 39.0 Å². The second-order valence-electron chi connectivity index (χ2n) is 4.55. The van der Waals surface area contributed by atoms with Crippen LogP contribution in [0.2, 0.25) is 0 Å². The highest BCUT2D eigenvalue weighted by atomic mass is 35.5. The van der Waals surface area contributed by atoms with Gasteiger partial charge in [-0.15, -0.1) is 0 Å². The minimum atomic E-state index is 0.684. The van der Waals surface area contributed by atoms with Gasteiger partial charge in [0.15, 0.2) is 0 Å².